The topological polar surface area (TPSA) is 54.0 Å². The molecule has 0 N–H and O–H groups in total. The molecule has 0 saturated carbocycles. The molecule has 14 heteroatoms. The molecule has 1 radical (unpaired) electrons. The number of nitrogens with zero attached hydrogens (tertiary/aromatic N) is 4. The first-order chi connectivity index (χ1) is 27.1. The van der Waals surface area contributed by atoms with E-state index in [-0.39, 0.29) is 29.5 Å². The summed E-state index contributed by atoms with van der Waals surface area (Å²) in [4.78, 5) is 20.8. The molecular weight excluding hydrogens is 959 g/mol. The zero-order valence-corrected chi connectivity index (χ0v) is 37.0. The Bertz CT molecular complexity index is 2560. The van der Waals surface area contributed by atoms with Crippen molar-refractivity contribution >= 4 is 139 Å². The van der Waals surface area contributed by atoms with E-state index < -0.39 is 0 Å². The van der Waals surface area contributed by atoms with Gasteiger partial charge in [0.15, 0.2) is 0 Å². The van der Waals surface area contributed by atoms with E-state index in [4.69, 9.17) is 113 Å². The minimum Gasteiger partial charge on any atom is -1.00 e. The third kappa shape index (κ3) is 7.51. The van der Waals surface area contributed by atoms with Crippen LogP contribution in [0.5, 0.6) is 0 Å². The zero-order chi connectivity index (χ0) is 38.8. The molecule has 7 aromatic rings. The summed E-state index contributed by atoms with van der Waals surface area (Å²) in [7, 11) is 0. The number of benzene rings is 4. The van der Waals surface area contributed by atoms with Crippen molar-refractivity contribution in [3.05, 3.63) is 160 Å². The van der Waals surface area contributed by atoms with Gasteiger partial charge in [0, 0.05) is 62.4 Å². The molecule has 0 fully saturated rings. The Hall–Kier alpha value is -3.39. The predicted octanol–water partition coefficient (Wildman–Crippen LogP) is 12.8. The van der Waals surface area contributed by atoms with E-state index in [1.807, 2.05) is 48.6 Å². The fourth-order valence-electron chi connectivity index (χ4n) is 7.06. The van der Waals surface area contributed by atoms with Crippen molar-refractivity contribution in [3.63, 3.8) is 0 Å². The molecule has 0 unspecified atom stereocenters. The van der Waals surface area contributed by atoms with Crippen LogP contribution in [0, 0.1) is 0 Å². The molecule has 2 aliphatic rings. The van der Waals surface area contributed by atoms with Gasteiger partial charge in [-0.05, 0) is 95.1 Å². The summed E-state index contributed by atoms with van der Waals surface area (Å²) in [5, 5.41) is 3.32. The van der Waals surface area contributed by atoms with Gasteiger partial charge < -0.3 is 22.4 Å². The molecule has 0 spiro atoms. The van der Waals surface area contributed by atoms with Crippen LogP contribution in [-0.4, -0.2) is 9.97 Å². The Morgan fingerprint density at radius 1 is 0.293 bits per heavy atom. The molecule has 8 bridgehead atoms. The van der Waals surface area contributed by atoms with E-state index in [1.54, 1.807) is 72.8 Å². The summed E-state index contributed by atoms with van der Waals surface area (Å²) in [6.07, 6.45) is 7.53. The molecule has 3 aromatic heterocycles. The first-order valence-corrected chi connectivity index (χ1v) is 19.9. The van der Waals surface area contributed by atoms with E-state index in [2.05, 4.69) is 0 Å². The van der Waals surface area contributed by atoms with Crippen LogP contribution in [0.25, 0.3) is 90.9 Å². The van der Waals surface area contributed by atoms with Gasteiger partial charge in [-0.15, -0.1) is 22.1 Å². The summed E-state index contributed by atoms with van der Waals surface area (Å²) >= 11 is 55.4. The molecule has 0 atom stereocenters. The van der Waals surface area contributed by atoms with Gasteiger partial charge in [-0.3, -0.25) is 0 Å². The van der Waals surface area contributed by atoms with E-state index in [1.165, 1.54) is 0 Å². The van der Waals surface area contributed by atoms with Crippen molar-refractivity contribution in [3.8, 4) is 44.5 Å². The van der Waals surface area contributed by atoms with Crippen molar-refractivity contribution in [1.82, 2.24) is 19.9 Å². The van der Waals surface area contributed by atoms with Gasteiger partial charge in [0.05, 0.1) is 22.8 Å². The standard InChI is InChI=1S/C44H20Cl8N4.ClH.Fe/c45-21-5-1-6-22(46)37(21)41-29-13-15-31(53-29)42(38-23(47)7-2-8-24(38)48)33-17-19-35(55-33)44(40-27(51)11-4-12-28(40)52)36-20-18-34(56-36)43(32-16-14-30(41)54-32)39-25(49)9-3-10-26(39)50;;/h1-20H;1H;/q-2;;+3/p-1. The fraction of sp³-hybridized carbons (Fsp3) is 0. The largest absolute Gasteiger partial charge is 3.00 e. The van der Waals surface area contributed by atoms with Gasteiger partial charge in [0.2, 0.25) is 0 Å². The molecular formula is C44H20Cl9FeN4. The van der Waals surface area contributed by atoms with Crippen molar-refractivity contribution < 1.29 is 29.5 Å². The van der Waals surface area contributed by atoms with Crippen LogP contribution in [0.3, 0.4) is 0 Å². The average molecular weight is 980 g/mol. The Kier molecular flexibility index (Phi) is 12.7. The Balaban J connectivity index is 0.00000256. The third-order valence-corrected chi connectivity index (χ3v) is 12.0. The van der Waals surface area contributed by atoms with Crippen LogP contribution >= 0.6 is 92.8 Å². The number of rotatable bonds is 4. The second-order valence-electron chi connectivity index (χ2n) is 12.7. The maximum absolute atomic E-state index is 6.93. The Morgan fingerprint density at radius 3 is 0.672 bits per heavy atom. The molecule has 58 heavy (non-hydrogen) atoms. The molecule has 4 nitrogen and oxygen atoms in total. The van der Waals surface area contributed by atoms with Gasteiger partial charge in [0.1, 0.15) is 0 Å². The molecule has 9 rings (SSSR count). The smallest absolute Gasteiger partial charge is 1.00 e. The van der Waals surface area contributed by atoms with Crippen LogP contribution in [0.15, 0.2) is 97.1 Å². The predicted molar refractivity (Wildman–Crippen MR) is 239 cm³/mol. The Labute approximate surface area is 389 Å². The summed E-state index contributed by atoms with van der Waals surface area (Å²) < 4.78 is 0. The maximum Gasteiger partial charge on any atom is 3.00 e. The number of hydrogen-bond acceptors (Lipinski definition) is 2. The summed E-state index contributed by atoms with van der Waals surface area (Å²) in [6.45, 7) is 0. The van der Waals surface area contributed by atoms with E-state index in [0.717, 1.165) is 0 Å². The number of hydrogen-bond donors (Lipinski definition) is 0. The van der Waals surface area contributed by atoms with Gasteiger partial charge >= 0.3 is 17.1 Å². The average Bonchev–Trinajstić information content (AvgIpc) is 4.00. The number of halogens is 9. The first-order valence-electron chi connectivity index (χ1n) is 16.9. The minimum absolute atomic E-state index is 0. The van der Waals surface area contributed by atoms with Crippen LogP contribution < -0.4 is 22.4 Å². The van der Waals surface area contributed by atoms with Crippen molar-refractivity contribution in [1.29, 1.82) is 0 Å². The SMILES string of the molecule is Clc1cccc(Cl)c1-c1c2nc(c(-c3c(Cl)cccc3Cl)c3ccc([n-]3)c(-c3c(Cl)cccc3Cl)c3nc(c(-c4c(Cl)cccc4Cl)c4ccc1[n-]4)C=C3)C=C2.[Cl-].[Fe+3]. The van der Waals surface area contributed by atoms with Gasteiger partial charge in [-0.25, -0.2) is 9.97 Å². The second kappa shape index (κ2) is 17.3. The van der Waals surface area contributed by atoms with Crippen LogP contribution in [0.4, 0.5) is 0 Å². The van der Waals surface area contributed by atoms with Crippen molar-refractivity contribution in [2.75, 3.05) is 0 Å². The normalized spacial score (nSPS) is 11.7. The second-order valence-corrected chi connectivity index (χ2v) is 16.0. The Morgan fingerprint density at radius 2 is 0.483 bits per heavy atom. The quantitative estimate of drug-likeness (QED) is 0.165. The van der Waals surface area contributed by atoms with E-state index in [9.17, 15) is 0 Å². The zero-order valence-electron chi connectivity index (χ0n) is 29.1. The number of fused-ring (bicyclic) bond motifs is 8. The monoisotopic (exact) mass is 975 g/mol. The van der Waals surface area contributed by atoms with Gasteiger partial charge in [0.25, 0.3) is 0 Å². The van der Waals surface area contributed by atoms with E-state index >= 15 is 0 Å². The van der Waals surface area contributed by atoms with Crippen molar-refractivity contribution in [2.45, 2.75) is 0 Å². The summed E-state index contributed by atoms with van der Waals surface area (Å²) in [5.74, 6) is 0. The molecule has 4 aromatic carbocycles. The van der Waals surface area contributed by atoms with Crippen LogP contribution in [0.1, 0.15) is 22.8 Å². The molecule has 2 aliphatic heterocycles. The van der Waals surface area contributed by atoms with Gasteiger partial charge in [-0.2, -0.15) is 0 Å². The summed E-state index contributed by atoms with van der Waals surface area (Å²) in [6, 6.07) is 28.8. The van der Waals surface area contributed by atoms with E-state index in [0.29, 0.717) is 130 Å². The molecule has 287 valence electrons. The van der Waals surface area contributed by atoms with Crippen molar-refractivity contribution in [2.24, 2.45) is 0 Å². The molecule has 0 amide bonds. The number of aromatic nitrogens is 4. The van der Waals surface area contributed by atoms with Gasteiger partial charge in [-0.1, -0.05) is 141 Å². The molecule has 0 saturated heterocycles. The summed E-state index contributed by atoms with van der Waals surface area (Å²) in [5.41, 5.74) is 8.93. The molecule has 5 heterocycles. The maximum atomic E-state index is 6.93. The molecule has 0 aliphatic carbocycles. The minimum atomic E-state index is 0. The first kappa shape index (κ1) is 42.7. The van der Waals surface area contributed by atoms with Crippen LogP contribution in [0.2, 0.25) is 40.2 Å². The van der Waals surface area contributed by atoms with Crippen LogP contribution in [-0.2, 0) is 17.1 Å². The fourth-order valence-corrected chi connectivity index (χ4v) is 9.40. The third-order valence-electron chi connectivity index (χ3n) is 9.46.